The first-order valence-electron chi connectivity index (χ1n) is 6.62. The van der Waals surface area contributed by atoms with E-state index in [2.05, 4.69) is 20.6 Å². The largest absolute Gasteiger partial charge is 0.383 e. The van der Waals surface area contributed by atoms with Gasteiger partial charge in [-0.15, -0.1) is 0 Å². The standard InChI is InChI=1S/C13H23N5O2/c1-5-10-12(14-2)16-9-17-13(10)18(3)8-11(19)15-6-7-20-4/h9H,5-8H2,1-4H3,(H,15,19)(H,14,16,17). The van der Waals surface area contributed by atoms with Crippen LogP contribution in [0.25, 0.3) is 0 Å². The van der Waals surface area contributed by atoms with Crippen LogP contribution in [0.15, 0.2) is 6.33 Å². The molecule has 0 aliphatic carbocycles. The zero-order valence-corrected chi connectivity index (χ0v) is 12.6. The maximum absolute atomic E-state index is 11.8. The van der Waals surface area contributed by atoms with Crippen molar-refractivity contribution in [2.45, 2.75) is 13.3 Å². The Morgan fingerprint density at radius 3 is 2.80 bits per heavy atom. The van der Waals surface area contributed by atoms with Crippen LogP contribution in [-0.2, 0) is 16.0 Å². The molecule has 0 aliphatic heterocycles. The maximum Gasteiger partial charge on any atom is 0.239 e. The van der Waals surface area contributed by atoms with E-state index in [0.29, 0.717) is 13.2 Å². The molecule has 0 fully saturated rings. The first-order valence-corrected chi connectivity index (χ1v) is 6.62. The minimum atomic E-state index is -0.0591. The van der Waals surface area contributed by atoms with Gasteiger partial charge in [-0.05, 0) is 6.42 Å². The summed E-state index contributed by atoms with van der Waals surface area (Å²) in [7, 11) is 5.27. The smallest absolute Gasteiger partial charge is 0.239 e. The second-order valence-electron chi connectivity index (χ2n) is 4.33. The molecule has 0 unspecified atom stereocenters. The maximum atomic E-state index is 11.8. The third-order valence-corrected chi connectivity index (χ3v) is 2.88. The van der Waals surface area contributed by atoms with Crippen molar-refractivity contribution in [3.63, 3.8) is 0 Å². The molecular formula is C13H23N5O2. The summed E-state index contributed by atoms with van der Waals surface area (Å²) in [5, 5.41) is 5.83. The van der Waals surface area contributed by atoms with Gasteiger partial charge >= 0.3 is 0 Å². The first-order chi connectivity index (χ1) is 9.63. The van der Waals surface area contributed by atoms with Crippen molar-refractivity contribution in [2.24, 2.45) is 0 Å². The summed E-state index contributed by atoms with van der Waals surface area (Å²) >= 11 is 0. The lowest BCUT2D eigenvalue weighted by Crippen LogP contribution is -2.37. The van der Waals surface area contributed by atoms with Crippen molar-refractivity contribution in [3.05, 3.63) is 11.9 Å². The van der Waals surface area contributed by atoms with Crippen LogP contribution in [0.5, 0.6) is 0 Å². The molecule has 1 rings (SSSR count). The Balaban J connectivity index is 2.72. The molecule has 0 saturated heterocycles. The number of carbonyl (C=O) groups excluding carboxylic acids is 1. The Kier molecular flexibility index (Phi) is 6.72. The summed E-state index contributed by atoms with van der Waals surface area (Å²) < 4.78 is 4.89. The van der Waals surface area contributed by atoms with E-state index in [0.717, 1.165) is 23.6 Å². The number of nitrogens with one attached hydrogen (secondary N) is 2. The Labute approximate surface area is 119 Å². The number of hydrogen-bond acceptors (Lipinski definition) is 6. The van der Waals surface area contributed by atoms with E-state index in [1.807, 2.05) is 25.9 Å². The molecule has 0 radical (unpaired) electrons. The van der Waals surface area contributed by atoms with E-state index in [1.54, 1.807) is 7.11 Å². The van der Waals surface area contributed by atoms with E-state index < -0.39 is 0 Å². The molecule has 1 amide bonds. The lowest BCUT2D eigenvalue weighted by Gasteiger charge is -2.21. The monoisotopic (exact) mass is 281 g/mol. The number of amides is 1. The molecule has 7 heteroatoms. The number of likely N-dealkylation sites (N-methyl/N-ethyl adjacent to an activating group) is 1. The summed E-state index contributed by atoms with van der Waals surface area (Å²) in [4.78, 5) is 22.1. The molecule has 0 saturated carbocycles. The van der Waals surface area contributed by atoms with Gasteiger partial charge in [0, 0.05) is 33.3 Å². The third kappa shape index (κ3) is 4.34. The van der Waals surface area contributed by atoms with Gasteiger partial charge in [-0.25, -0.2) is 9.97 Å². The van der Waals surface area contributed by atoms with E-state index in [-0.39, 0.29) is 12.5 Å². The van der Waals surface area contributed by atoms with Crippen LogP contribution >= 0.6 is 0 Å². The first kappa shape index (κ1) is 16.2. The molecule has 0 bridgehead atoms. The Bertz CT molecular complexity index is 439. The summed E-state index contributed by atoms with van der Waals surface area (Å²) in [5.41, 5.74) is 1.00. The van der Waals surface area contributed by atoms with E-state index >= 15 is 0 Å². The van der Waals surface area contributed by atoms with Crippen LogP contribution in [0.2, 0.25) is 0 Å². The van der Waals surface area contributed by atoms with Gasteiger partial charge < -0.3 is 20.3 Å². The molecule has 20 heavy (non-hydrogen) atoms. The quantitative estimate of drug-likeness (QED) is 0.666. The topological polar surface area (TPSA) is 79.4 Å². The normalized spacial score (nSPS) is 10.2. The van der Waals surface area contributed by atoms with E-state index in [1.165, 1.54) is 6.33 Å². The number of nitrogens with zero attached hydrogens (tertiary/aromatic N) is 3. The number of ether oxygens (including phenoxy) is 1. The van der Waals surface area contributed by atoms with Crippen LogP contribution in [0.1, 0.15) is 12.5 Å². The molecule has 7 nitrogen and oxygen atoms in total. The number of rotatable bonds is 8. The van der Waals surface area contributed by atoms with E-state index in [9.17, 15) is 4.79 Å². The molecule has 1 aromatic rings. The van der Waals surface area contributed by atoms with Crippen LogP contribution in [-0.4, -0.2) is 56.8 Å². The number of anilines is 2. The molecule has 0 aromatic carbocycles. The summed E-state index contributed by atoms with van der Waals surface area (Å²) in [6.45, 7) is 3.30. The number of carbonyl (C=O) groups is 1. The van der Waals surface area contributed by atoms with Gasteiger partial charge in [0.15, 0.2) is 0 Å². The highest BCUT2D eigenvalue weighted by Gasteiger charge is 2.14. The van der Waals surface area contributed by atoms with Crippen molar-refractivity contribution in [1.82, 2.24) is 15.3 Å². The average Bonchev–Trinajstić information content (AvgIpc) is 2.46. The Morgan fingerprint density at radius 2 is 2.20 bits per heavy atom. The second kappa shape index (κ2) is 8.31. The highest BCUT2D eigenvalue weighted by molar-refractivity contribution is 5.81. The van der Waals surface area contributed by atoms with Gasteiger partial charge in [-0.3, -0.25) is 4.79 Å². The van der Waals surface area contributed by atoms with Crippen LogP contribution in [0.4, 0.5) is 11.6 Å². The summed E-state index contributed by atoms with van der Waals surface area (Å²) in [6.07, 6.45) is 2.29. The molecule has 0 atom stereocenters. The highest BCUT2D eigenvalue weighted by Crippen LogP contribution is 2.22. The minimum Gasteiger partial charge on any atom is -0.383 e. The molecule has 1 heterocycles. The summed E-state index contributed by atoms with van der Waals surface area (Å²) in [5.74, 6) is 1.51. The lowest BCUT2D eigenvalue weighted by molar-refractivity contribution is -0.119. The fourth-order valence-electron chi connectivity index (χ4n) is 1.91. The highest BCUT2D eigenvalue weighted by atomic mass is 16.5. The Hall–Kier alpha value is -1.89. The molecule has 112 valence electrons. The Morgan fingerprint density at radius 1 is 1.45 bits per heavy atom. The number of methoxy groups -OCH3 is 1. The predicted molar refractivity (Wildman–Crippen MR) is 79.1 cm³/mol. The predicted octanol–water partition coefficient (Wildman–Crippen LogP) is 0.280. The third-order valence-electron chi connectivity index (χ3n) is 2.88. The van der Waals surface area contributed by atoms with Gasteiger partial charge in [-0.1, -0.05) is 6.92 Å². The van der Waals surface area contributed by atoms with Crippen molar-refractivity contribution >= 4 is 17.5 Å². The molecular weight excluding hydrogens is 258 g/mol. The van der Waals surface area contributed by atoms with Gasteiger partial charge in [0.05, 0.1) is 13.2 Å². The molecule has 0 spiro atoms. The van der Waals surface area contributed by atoms with Gasteiger partial charge in [0.2, 0.25) is 5.91 Å². The zero-order chi connectivity index (χ0) is 15.0. The van der Waals surface area contributed by atoms with Gasteiger partial charge in [-0.2, -0.15) is 0 Å². The average molecular weight is 281 g/mol. The van der Waals surface area contributed by atoms with Gasteiger partial charge in [0.25, 0.3) is 0 Å². The van der Waals surface area contributed by atoms with Crippen molar-refractivity contribution in [2.75, 3.05) is 51.1 Å². The van der Waals surface area contributed by atoms with E-state index in [4.69, 9.17) is 4.74 Å². The summed E-state index contributed by atoms with van der Waals surface area (Å²) in [6, 6.07) is 0. The van der Waals surface area contributed by atoms with Crippen LogP contribution in [0.3, 0.4) is 0 Å². The van der Waals surface area contributed by atoms with Crippen LogP contribution in [0, 0.1) is 0 Å². The molecule has 0 aliphatic rings. The fourth-order valence-corrected chi connectivity index (χ4v) is 1.91. The molecule has 2 N–H and O–H groups in total. The number of aromatic nitrogens is 2. The van der Waals surface area contributed by atoms with Crippen molar-refractivity contribution < 1.29 is 9.53 Å². The lowest BCUT2D eigenvalue weighted by atomic mass is 10.2. The minimum absolute atomic E-state index is 0.0591. The van der Waals surface area contributed by atoms with Gasteiger partial charge in [0.1, 0.15) is 18.0 Å². The fraction of sp³-hybridized carbons (Fsp3) is 0.615. The zero-order valence-electron chi connectivity index (χ0n) is 12.6. The SMILES string of the molecule is CCc1c(NC)ncnc1N(C)CC(=O)NCCOC. The number of hydrogen-bond donors (Lipinski definition) is 2. The van der Waals surface area contributed by atoms with Crippen molar-refractivity contribution in [3.8, 4) is 0 Å². The van der Waals surface area contributed by atoms with Crippen molar-refractivity contribution in [1.29, 1.82) is 0 Å². The van der Waals surface area contributed by atoms with Crippen LogP contribution < -0.4 is 15.5 Å². The molecule has 1 aromatic heterocycles. The second-order valence-corrected chi connectivity index (χ2v) is 4.33.